The Hall–Kier alpha value is -1.58. The van der Waals surface area contributed by atoms with E-state index in [9.17, 15) is 9.18 Å². The van der Waals surface area contributed by atoms with Crippen LogP contribution in [0.5, 0.6) is 5.75 Å². The van der Waals surface area contributed by atoms with Crippen molar-refractivity contribution in [1.29, 1.82) is 0 Å². The van der Waals surface area contributed by atoms with Gasteiger partial charge in [0, 0.05) is 5.56 Å². The molecular weight excluding hydrogens is 247 g/mol. The van der Waals surface area contributed by atoms with Crippen LogP contribution < -0.4 is 4.74 Å². The van der Waals surface area contributed by atoms with E-state index in [0.29, 0.717) is 18.1 Å². The van der Waals surface area contributed by atoms with Crippen LogP contribution in [0.15, 0.2) is 12.1 Å². The molecule has 1 aromatic rings. The molecule has 0 spiro atoms. The van der Waals surface area contributed by atoms with Gasteiger partial charge in [0.15, 0.2) is 11.6 Å². The van der Waals surface area contributed by atoms with E-state index in [-0.39, 0.29) is 18.1 Å². The van der Waals surface area contributed by atoms with Crippen molar-refractivity contribution in [3.05, 3.63) is 29.1 Å². The highest BCUT2D eigenvalue weighted by molar-refractivity contribution is 5.73. The lowest BCUT2D eigenvalue weighted by Gasteiger charge is -2.13. The maximum Gasteiger partial charge on any atom is 0.310 e. The molecule has 3 nitrogen and oxygen atoms in total. The normalized spacial score (nSPS) is 10.6. The van der Waals surface area contributed by atoms with E-state index < -0.39 is 5.82 Å². The molecule has 4 heteroatoms. The van der Waals surface area contributed by atoms with E-state index in [0.717, 1.165) is 12.0 Å². The summed E-state index contributed by atoms with van der Waals surface area (Å²) >= 11 is 0. The average Bonchev–Trinajstić information content (AvgIpc) is 2.27. The minimum atomic E-state index is -0.431. The van der Waals surface area contributed by atoms with Crippen molar-refractivity contribution in [2.75, 3.05) is 13.7 Å². The zero-order valence-electron chi connectivity index (χ0n) is 12.0. The fourth-order valence-corrected chi connectivity index (χ4v) is 2.03. The van der Waals surface area contributed by atoms with Gasteiger partial charge in [0.1, 0.15) is 0 Å². The van der Waals surface area contributed by atoms with Crippen LogP contribution >= 0.6 is 0 Å². The predicted molar refractivity (Wildman–Crippen MR) is 71.8 cm³/mol. The molecule has 106 valence electrons. The number of rotatable bonds is 6. The highest BCUT2D eigenvalue weighted by Gasteiger charge is 2.15. The molecule has 0 atom stereocenters. The summed E-state index contributed by atoms with van der Waals surface area (Å²) in [5.74, 6) is -0.259. The lowest BCUT2D eigenvalue weighted by molar-refractivity contribution is -0.142. The van der Waals surface area contributed by atoms with Gasteiger partial charge in [0.2, 0.25) is 0 Å². The van der Waals surface area contributed by atoms with Crippen LogP contribution in [0.25, 0.3) is 0 Å². The van der Waals surface area contributed by atoms with Crippen LogP contribution in [0.2, 0.25) is 0 Å². The Kier molecular flexibility index (Phi) is 5.80. The lowest BCUT2D eigenvalue weighted by Crippen LogP contribution is -2.10. The number of hydrogen-bond donors (Lipinski definition) is 0. The zero-order valence-corrected chi connectivity index (χ0v) is 12.0. The van der Waals surface area contributed by atoms with Crippen molar-refractivity contribution < 1.29 is 18.7 Å². The zero-order chi connectivity index (χ0) is 14.4. The molecule has 0 fully saturated rings. The molecule has 0 aromatic heterocycles. The number of carbonyl (C=O) groups excluding carboxylic acids is 1. The molecule has 0 N–H and O–H groups in total. The van der Waals surface area contributed by atoms with Crippen LogP contribution in [0.4, 0.5) is 4.39 Å². The van der Waals surface area contributed by atoms with Gasteiger partial charge in [-0.3, -0.25) is 4.79 Å². The molecule has 0 aliphatic heterocycles. The van der Waals surface area contributed by atoms with Crippen molar-refractivity contribution in [1.82, 2.24) is 0 Å². The molecule has 1 rings (SSSR count). The molecule has 0 saturated carbocycles. The van der Waals surface area contributed by atoms with E-state index >= 15 is 0 Å². The van der Waals surface area contributed by atoms with Gasteiger partial charge in [-0.2, -0.15) is 0 Å². The quantitative estimate of drug-likeness (QED) is 0.743. The van der Waals surface area contributed by atoms with E-state index in [1.165, 1.54) is 13.2 Å². The molecule has 0 bridgehead atoms. The monoisotopic (exact) mass is 268 g/mol. The Morgan fingerprint density at radius 2 is 2.05 bits per heavy atom. The first kappa shape index (κ1) is 15.5. The van der Waals surface area contributed by atoms with Gasteiger partial charge < -0.3 is 9.47 Å². The van der Waals surface area contributed by atoms with Gasteiger partial charge >= 0.3 is 5.97 Å². The minimum absolute atomic E-state index is 0.0276. The number of halogens is 1. The van der Waals surface area contributed by atoms with Gasteiger partial charge in [-0.15, -0.1) is 0 Å². The molecule has 0 radical (unpaired) electrons. The topological polar surface area (TPSA) is 35.5 Å². The summed E-state index contributed by atoms with van der Waals surface area (Å²) in [6.07, 6.45) is 0.788. The third-order valence-electron chi connectivity index (χ3n) is 2.67. The van der Waals surface area contributed by atoms with Gasteiger partial charge in [-0.1, -0.05) is 19.9 Å². The molecular formula is C15H21FO3. The second kappa shape index (κ2) is 7.12. The summed E-state index contributed by atoms with van der Waals surface area (Å²) in [7, 11) is 1.40. The van der Waals surface area contributed by atoms with Crippen molar-refractivity contribution in [2.45, 2.75) is 33.6 Å². The lowest BCUT2D eigenvalue weighted by atomic mass is 9.99. The van der Waals surface area contributed by atoms with Gasteiger partial charge in [0.05, 0.1) is 20.1 Å². The van der Waals surface area contributed by atoms with Crippen LogP contribution in [0.1, 0.15) is 31.9 Å². The van der Waals surface area contributed by atoms with Crippen molar-refractivity contribution in [3.63, 3.8) is 0 Å². The number of ether oxygens (including phenoxy) is 2. The third-order valence-corrected chi connectivity index (χ3v) is 2.67. The number of hydrogen-bond acceptors (Lipinski definition) is 3. The first-order valence-corrected chi connectivity index (χ1v) is 6.48. The van der Waals surface area contributed by atoms with Crippen LogP contribution in [-0.2, 0) is 22.4 Å². The second-order valence-electron chi connectivity index (χ2n) is 4.85. The molecule has 0 aliphatic rings. The summed E-state index contributed by atoms with van der Waals surface area (Å²) in [6.45, 7) is 6.18. The smallest absolute Gasteiger partial charge is 0.310 e. The largest absolute Gasteiger partial charge is 0.493 e. The van der Waals surface area contributed by atoms with Crippen LogP contribution in [-0.4, -0.2) is 19.7 Å². The number of esters is 1. The number of methoxy groups -OCH3 is 1. The van der Waals surface area contributed by atoms with E-state index in [1.807, 2.05) is 6.07 Å². The summed E-state index contributed by atoms with van der Waals surface area (Å²) in [6, 6.07) is 3.28. The third kappa shape index (κ3) is 4.54. The Morgan fingerprint density at radius 1 is 1.37 bits per heavy atom. The summed E-state index contributed by atoms with van der Waals surface area (Å²) in [4.78, 5) is 11.5. The van der Waals surface area contributed by atoms with E-state index in [2.05, 4.69) is 13.8 Å². The van der Waals surface area contributed by atoms with Gasteiger partial charge in [-0.25, -0.2) is 4.39 Å². The summed E-state index contributed by atoms with van der Waals surface area (Å²) in [5.41, 5.74) is 1.41. The fourth-order valence-electron chi connectivity index (χ4n) is 2.03. The molecule has 0 heterocycles. The highest BCUT2D eigenvalue weighted by Crippen LogP contribution is 2.26. The molecule has 1 aromatic carbocycles. The van der Waals surface area contributed by atoms with Crippen LogP contribution in [0.3, 0.4) is 0 Å². The average molecular weight is 268 g/mol. The summed E-state index contributed by atoms with van der Waals surface area (Å²) in [5, 5.41) is 0. The predicted octanol–water partition coefficient (Wildman–Crippen LogP) is 3.14. The standard InChI is InChI=1S/C15H21FO3/c1-5-19-14(17)9-12-7-11(6-10(2)3)8-13(16)15(12)18-4/h7-8,10H,5-6,9H2,1-4H3. The fraction of sp³-hybridized carbons (Fsp3) is 0.533. The molecule has 0 aliphatic carbocycles. The van der Waals surface area contributed by atoms with Gasteiger partial charge in [0.25, 0.3) is 0 Å². The Labute approximate surface area is 113 Å². The van der Waals surface area contributed by atoms with E-state index in [1.54, 1.807) is 6.92 Å². The maximum absolute atomic E-state index is 13.9. The van der Waals surface area contributed by atoms with Crippen molar-refractivity contribution in [3.8, 4) is 5.75 Å². The minimum Gasteiger partial charge on any atom is -0.493 e. The van der Waals surface area contributed by atoms with Crippen molar-refractivity contribution >= 4 is 5.97 Å². The summed E-state index contributed by atoms with van der Waals surface area (Å²) < 4.78 is 23.8. The highest BCUT2D eigenvalue weighted by atomic mass is 19.1. The molecule has 0 unspecified atom stereocenters. The van der Waals surface area contributed by atoms with Crippen LogP contribution in [0, 0.1) is 11.7 Å². The van der Waals surface area contributed by atoms with Gasteiger partial charge in [-0.05, 0) is 30.9 Å². The SMILES string of the molecule is CCOC(=O)Cc1cc(CC(C)C)cc(F)c1OC. The molecule has 19 heavy (non-hydrogen) atoms. The Bertz CT molecular complexity index is 441. The van der Waals surface area contributed by atoms with Crippen molar-refractivity contribution in [2.24, 2.45) is 5.92 Å². The Balaban J connectivity index is 3.04. The molecule has 0 saturated heterocycles. The second-order valence-corrected chi connectivity index (χ2v) is 4.85. The molecule has 0 amide bonds. The number of benzene rings is 1. The number of carbonyl (C=O) groups is 1. The van der Waals surface area contributed by atoms with E-state index in [4.69, 9.17) is 9.47 Å². The maximum atomic E-state index is 13.9. The first-order chi connectivity index (χ1) is 8.97. The first-order valence-electron chi connectivity index (χ1n) is 6.48. The Morgan fingerprint density at radius 3 is 2.58 bits per heavy atom.